The second-order valence-corrected chi connectivity index (χ2v) is 6.42. The van der Waals surface area contributed by atoms with Gasteiger partial charge in [0.15, 0.2) is 0 Å². The summed E-state index contributed by atoms with van der Waals surface area (Å²) in [6.45, 7) is 10.1. The molecule has 20 heavy (non-hydrogen) atoms. The van der Waals surface area contributed by atoms with E-state index in [0.29, 0.717) is 18.6 Å². The maximum atomic E-state index is 12.3. The number of nitrogens with zero attached hydrogens (tertiary/aromatic N) is 1. The molecule has 1 saturated carbocycles. The summed E-state index contributed by atoms with van der Waals surface area (Å²) in [5, 5.41) is 0. The van der Waals surface area contributed by atoms with Crippen molar-refractivity contribution in [2.75, 3.05) is 13.2 Å². The molecule has 0 amide bonds. The summed E-state index contributed by atoms with van der Waals surface area (Å²) in [4.78, 5) is 14.8. The van der Waals surface area contributed by atoms with E-state index in [1.54, 1.807) is 0 Å². The summed E-state index contributed by atoms with van der Waals surface area (Å²) >= 11 is 0. The molecule has 0 aliphatic heterocycles. The molecule has 0 aromatic carbocycles. The molecule has 0 spiro atoms. The van der Waals surface area contributed by atoms with Crippen molar-refractivity contribution >= 4 is 5.97 Å². The quantitative estimate of drug-likeness (QED) is 0.599. The Morgan fingerprint density at radius 3 is 2.35 bits per heavy atom. The van der Waals surface area contributed by atoms with E-state index in [-0.39, 0.29) is 12.0 Å². The highest BCUT2D eigenvalue weighted by molar-refractivity contribution is 5.75. The second-order valence-electron chi connectivity index (χ2n) is 6.42. The third kappa shape index (κ3) is 5.43. The monoisotopic (exact) mass is 283 g/mol. The van der Waals surface area contributed by atoms with E-state index in [9.17, 15) is 4.79 Å². The molecular weight excluding hydrogens is 250 g/mol. The molecule has 118 valence electrons. The van der Waals surface area contributed by atoms with E-state index in [1.807, 2.05) is 6.92 Å². The average molecular weight is 283 g/mol. The first kappa shape index (κ1) is 17.5. The molecule has 0 radical (unpaired) electrons. The molecule has 1 aliphatic rings. The standard InChI is InChI=1S/C17H33NO2/c1-5-9-16(17(19)20-6-2)18(13-12-14(3)4)15-10-7-8-11-15/h14-16H,5-13H2,1-4H3. The van der Waals surface area contributed by atoms with Crippen LogP contribution in [0.25, 0.3) is 0 Å². The van der Waals surface area contributed by atoms with Crippen molar-refractivity contribution in [3.8, 4) is 0 Å². The van der Waals surface area contributed by atoms with E-state index >= 15 is 0 Å². The average Bonchev–Trinajstić information content (AvgIpc) is 2.91. The van der Waals surface area contributed by atoms with Gasteiger partial charge in [0.1, 0.15) is 6.04 Å². The number of esters is 1. The number of ether oxygens (including phenoxy) is 1. The van der Waals surface area contributed by atoms with Gasteiger partial charge in [0.2, 0.25) is 0 Å². The Morgan fingerprint density at radius 1 is 1.20 bits per heavy atom. The predicted octanol–water partition coefficient (Wildman–Crippen LogP) is 4.01. The lowest BCUT2D eigenvalue weighted by Gasteiger charge is -2.35. The van der Waals surface area contributed by atoms with E-state index in [1.165, 1.54) is 25.7 Å². The van der Waals surface area contributed by atoms with Crippen molar-refractivity contribution in [1.29, 1.82) is 0 Å². The summed E-state index contributed by atoms with van der Waals surface area (Å²) in [6, 6.07) is 0.566. The normalized spacial score (nSPS) is 17.9. The lowest BCUT2D eigenvalue weighted by Crippen LogP contribution is -2.48. The van der Waals surface area contributed by atoms with Crippen molar-refractivity contribution in [2.45, 2.75) is 84.7 Å². The van der Waals surface area contributed by atoms with Crippen LogP contribution in [0.1, 0.15) is 72.6 Å². The van der Waals surface area contributed by atoms with Crippen molar-refractivity contribution in [3.05, 3.63) is 0 Å². The molecule has 0 N–H and O–H groups in total. The fourth-order valence-electron chi connectivity index (χ4n) is 3.17. The summed E-state index contributed by atoms with van der Waals surface area (Å²) in [7, 11) is 0. The lowest BCUT2D eigenvalue weighted by molar-refractivity contribution is -0.151. The molecule has 3 nitrogen and oxygen atoms in total. The summed E-state index contributed by atoms with van der Waals surface area (Å²) in [6.07, 6.45) is 8.24. The van der Waals surface area contributed by atoms with E-state index < -0.39 is 0 Å². The lowest BCUT2D eigenvalue weighted by atomic mass is 10.0. The Hall–Kier alpha value is -0.570. The maximum absolute atomic E-state index is 12.3. The predicted molar refractivity (Wildman–Crippen MR) is 83.7 cm³/mol. The zero-order valence-electron chi connectivity index (χ0n) is 13.9. The molecule has 0 saturated heterocycles. The van der Waals surface area contributed by atoms with Gasteiger partial charge in [-0.3, -0.25) is 9.69 Å². The van der Waals surface area contributed by atoms with Crippen molar-refractivity contribution < 1.29 is 9.53 Å². The number of hydrogen-bond acceptors (Lipinski definition) is 3. The first-order chi connectivity index (χ1) is 9.60. The van der Waals surface area contributed by atoms with Crippen LogP contribution in [-0.4, -0.2) is 36.1 Å². The highest BCUT2D eigenvalue weighted by Gasteiger charge is 2.33. The first-order valence-electron chi connectivity index (χ1n) is 8.52. The van der Waals surface area contributed by atoms with Crippen LogP contribution in [0.15, 0.2) is 0 Å². The minimum atomic E-state index is -0.0261. The summed E-state index contributed by atoms with van der Waals surface area (Å²) < 4.78 is 5.32. The van der Waals surface area contributed by atoms with Gasteiger partial charge in [-0.25, -0.2) is 0 Å². The van der Waals surface area contributed by atoms with Crippen LogP contribution in [0.2, 0.25) is 0 Å². The minimum absolute atomic E-state index is 0.00925. The second kappa shape index (κ2) is 9.38. The molecule has 0 aromatic rings. The first-order valence-corrected chi connectivity index (χ1v) is 8.52. The van der Waals surface area contributed by atoms with Crippen LogP contribution < -0.4 is 0 Å². The Labute approximate surface area is 125 Å². The topological polar surface area (TPSA) is 29.5 Å². The van der Waals surface area contributed by atoms with Gasteiger partial charge < -0.3 is 4.74 Å². The third-order valence-corrected chi connectivity index (χ3v) is 4.28. The molecule has 1 fully saturated rings. The van der Waals surface area contributed by atoms with Crippen LogP contribution in [0.5, 0.6) is 0 Å². The van der Waals surface area contributed by atoms with Gasteiger partial charge in [-0.1, -0.05) is 40.0 Å². The molecule has 1 atom stereocenters. The molecular formula is C17H33NO2. The van der Waals surface area contributed by atoms with Crippen molar-refractivity contribution in [2.24, 2.45) is 5.92 Å². The van der Waals surface area contributed by atoms with Gasteiger partial charge in [-0.05, 0) is 45.1 Å². The van der Waals surface area contributed by atoms with E-state index in [2.05, 4.69) is 25.7 Å². The van der Waals surface area contributed by atoms with E-state index in [4.69, 9.17) is 4.74 Å². The van der Waals surface area contributed by atoms with Gasteiger partial charge in [0, 0.05) is 6.04 Å². The minimum Gasteiger partial charge on any atom is -0.465 e. The fourth-order valence-corrected chi connectivity index (χ4v) is 3.17. The third-order valence-electron chi connectivity index (χ3n) is 4.28. The molecule has 1 rings (SSSR count). The number of carbonyl (C=O) groups excluding carboxylic acids is 1. The smallest absolute Gasteiger partial charge is 0.323 e. The van der Waals surface area contributed by atoms with Crippen molar-refractivity contribution in [3.63, 3.8) is 0 Å². The summed E-state index contributed by atoms with van der Waals surface area (Å²) in [5.74, 6) is 0.674. The Balaban J connectivity index is 2.75. The van der Waals surface area contributed by atoms with Gasteiger partial charge in [0.25, 0.3) is 0 Å². The SMILES string of the molecule is CCCC(C(=O)OCC)N(CCC(C)C)C1CCCC1. The molecule has 0 heterocycles. The largest absolute Gasteiger partial charge is 0.465 e. The van der Waals surface area contributed by atoms with Crippen LogP contribution in [0, 0.1) is 5.92 Å². The van der Waals surface area contributed by atoms with Gasteiger partial charge in [-0.15, -0.1) is 0 Å². The number of rotatable bonds is 9. The van der Waals surface area contributed by atoms with E-state index in [0.717, 1.165) is 25.8 Å². The molecule has 1 aliphatic carbocycles. The fraction of sp³-hybridized carbons (Fsp3) is 0.941. The Bertz CT molecular complexity index is 272. The molecule has 1 unspecified atom stereocenters. The van der Waals surface area contributed by atoms with Gasteiger partial charge >= 0.3 is 5.97 Å². The van der Waals surface area contributed by atoms with Crippen molar-refractivity contribution in [1.82, 2.24) is 4.90 Å². The van der Waals surface area contributed by atoms with Crippen LogP contribution in [0.4, 0.5) is 0 Å². The summed E-state index contributed by atoms with van der Waals surface area (Å²) in [5.41, 5.74) is 0. The van der Waals surface area contributed by atoms with Gasteiger partial charge in [0.05, 0.1) is 6.61 Å². The maximum Gasteiger partial charge on any atom is 0.323 e. The molecule has 3 heteroatoms. The molecule has 0 aromatic heterocycles. The van der Waals surface area contributed by atoms with Crippen LogP contribution in [-0.2, 0) is 9.53 Å². The highest BCUT2D eigenvalue weighted by atomic mass is 16.5. The highest BCUT2D eigenvalue weighted by Crippen LogP contribution is 2.27. The molecule has 0 bridgehead atoms. The zero-order valence-corrected chi connectivity index (χ0v) is 13.9. The Morgan fingerprint density at radius 2 is 1.85 bits per heavy atom. The Kier molecular flexibility index (Phi) is 8.20. The number of hydrogen-bond donors (Lipinski definition) is 0. The number of carbonyl (C=O) groups is 1. The van der Waals surface area contributed by atoms with Crippen LogP contribution in [0.3, 0.4) is 0 Å². The van der Waals surface area contributed by atoms with Crippen LogP contribution >= 0.6 is 0 Å². The van der Waals surface area contributed by atoms with Gasteiger partial charge in [-0.2, -0.15) is 0 Å². The zero-order chi connectivity index (χ0) is 15.0.